The molecule has 0 saturated carbocycles. The molecular weight excluding hydrogens is 441 g/mol. The summed E-state index contributed by atoms with van der Waals surface area (Å²) in [4.78, 5) is 12.2. The van der Waals surface area contributed by atoms with E-state index in [1.165, 1.54) is 0 Å². The monoisotopic (exact) mass is 454 g/mol. The third-order valence-electron chi connectivity index (χ3n) is 4.33. The predicted molar refractivity (Wildman–Crippen MR) is 103 cm³/mol. The summed E-state index contributed by atoms with van der Waals surface area (Å²) in [6.45, 7) is 1.83. The Morgan fingerprint density at radius 2 is 1.34 bits per heavy atom. The normalized spacial score (nSPS) is 11.8. The van der Waals surface area contributed by atoms with Gasteiger partial charge in [0.05, 0.1) is 0 Å². The Hall–Kier alpha value is -3.62. The molecule has 0 amide bonds. The molecule has 9 heteroatoms. The second-order valence-corrected chi connectivity index (χ2v) is 6.75. The summed E-state index contributed by atoms with van der Waals surface area (Å²) >= 11 is 0. The van der Waals surface area contributed by atoms with E-state index in [9.17, 15) is 35.5 Å². The number of alkyl halides is 3. The molecule has 0 aromatic heterocycles. The highest BCUT2D eigenvalue weighted by Gasteiger charge is 2.24. The highest BCUT2D eigenvalue weighted by Crippen LogP contribution is 2.28. The number of halogens is 7. The fourth-order valence-electron chi connectivity index (χ4n) is 2.80. The Balaban J connectivity index is 1.87. The third kappa shape index (κ3) is 5.35. The van der Waals surface area contributed by atoms with Crippen molar-refractivity contribution >= 4 is 12.0 Å². The summed E-state index contributed by atoms with van der Waals surface area (Å²) in [7, 11) is 0. The number of ether oxygens (including phenoxy) is 1. The summed E-state index contributed by atoms with van der Waals surface area (Å²) in [6, 6.07) is 9.35. The molecule has 0 spiro atoms. The summed E-state index contributed by atoms with van der Waals surface area (Å²) in [5, 5.41) is 0. The van der Waals surface area contributed by atoms with Gasteiger partial charge in [0, 0.05) is 23.8 Å². The van der Waals surface area contributed by atoms with E-state index in [4.69, 9.17) is 0 Å². The van der Waals surface area contributed by atoms with Crippen molar-refractivity contribution in [3.63, 3.8) is 0 Å². The van der Waals surface area contributed by atoms with Gasteiger partial charge in [-0.3, -0.25) is 0 Å². The fourth-order valence-corrected chi connectivity index (χ4v) is 2.80. The fraction of sp³-hybridized carbons (Fsp3) is 0.0870. The smallest absolute Gasteiger partial charge is 0.409 e. The average molecular weight is 454 g/mol. The molecule has 0 aliphatic rings. The van der Waals surface area contributed by atoms with Gasteiger partial charge in [-0.15, -0.1) is 0 Å². The van der Waals surface area contributed by atoms with Crippen LogP contribution < -0.4 is 4.74 Å². The van der Waals surface area contributed by atoms with Crippen molar-refractivity contribution in [3.8, 4) is 16.9 Å². The lowest BCUT2D eigenvalue weighted by Crippen LogP contribution is -2.14. The molecule has 3 aromatic carbocycles. The highest BCUT2D eigenvalue weighted by atomic mass is 19.4. The predicted octanol–water partition coefficient (Wildman–Crippen LogP) is 7.01. The molecule has 0 aliphatic carbocycles. The molecule has 0 bridgehead atoms. The van der Waals surface area contributed by atoms with Gasteiger partial charge in [-0.2, -0.15) is 13.2 Å². The van der Waals surface area contributed by atoms with E-state index in [1.54, 1.807) is 24.3 Å². The number of carbonyl (C=O) groups excluding carboxylic acids is 1. The van der Waals surface area contributed by atoms with Crippen LogP contribution in [0.2, 0.25) is 0 Å². The van der Waals surface area contributed by atoms with Crippen LogP contribution in [0.25, 0.3) is 17.2 Å². The first kappa shape index (κ1) is 23.1. The van der Waals surface area contributed by atoms with Crippen LogP contribution >= 0.6 is 0 Å². The van der Waals surface area contributed by atoms with Gasteiger partial charge in [0.1, 0.15) is 34.6 Å². The van der Waals surface area contributed by atoms with E-state index >= 15 is 0 Å². The number of rotatable bonds is 4. The van der Waals surface area contributed by atoms with E-state index in [-0.39, 0.29) is 17.7 Å². The maximum absolute atomic E-state index is 14.5. The van der Waals surface area contributed by atoms with Crippen LogP contribution in [0.4, 0.5) is 30.7 Å². The highest BCUT2D eigenvalue weighted by molar-refractivity contribution is 5.92. The van der Waals surface area contributed by atoms with E-state index < -0.39 is 52.3 Å². The van der Waals surface area contributed by atoms with E-state index in [1.807, 2.05) is 6.92 Å². The molecule has 0 heterocycles. The molecule has 0 unspecified atom stereocenters. The lowest BCUT2D eigenvalue weighted by atomic mass is 10.0. The molecule has 0 radical (unpaired) electrons. The van der Waals surface area contributed by atoms with E-state index in [0.717, 1.165) is 17.7 Å². The number of benzene rings is 3. The first-order chi connectivity index (χ1) is 14.9. The molecule has 3 rings (SSSR count). The average Bonchev–Trinajstić information content (AvgIpc) is 2.66. The number of esters is 1. The van der Waals surface area contributed by atoms with Gasteiger partial charge in [-0.25, -0.2) is 22.4 Å². The van der Waals surface area contributed by atoms with Crippen molar-refractivity contribution in [1.29, 1.82) is 0 Å². The van der Waals surface area contributed by atoms with Crippen molar-refractivity contribution in [1.82, 2.24) is 0 Å². The topological polar surface area (TPSA) is 26.3 Å². The maximum Gasteiger partial charge on any atom is 0.409 e. The van der Waals surface area contributed by atoms with Crippen LogP contribution in [0.5, 0.6) is 5.75 Å². The number of aryl methyl sites for hydroxylation is 1. The molecule has 166 valence electrons. The first-order valence-corrected chi connectivity index (χ1v) is 8.98. The zero-order chi connectivity index (χ0) is 23.6. The molecule has 0 fully saturated rings. The zero-order valence-corrected chi connectivity index (χ0v) is 16.2. The molecule has 0 atom stereocenters. The number of hydrogen-bond acceptors (Lipinski definition) is 2. The minimum Gasteiger partial charge on any atom is -0.423 e. The van der Waals surface area contributed by atoms with Gasteiger partial charge in [0.15, 0.2) is 0 Å². The van der Waals surface area contributed by atoms with Crippen LogP contribution in [-0.2, 0) is 0 Å². The largest absolute Gasteiger partial charge is 0.423 e. The third-order valence-corrected chi connectivity index (χ3v) is 4.33. The second kappa shape index (κ2) is 8.86. The Bertz CT molecular complexity index is 1150. The lowest BCUT2D eigenvalue weighted by Gasteiger charge is -2.10. The van der Waals surface area contributed by atoms with Gasteiger partial charge < -0.3 is 4.74 Å². The summed E-state index contributed by atoms with van der Waals surface area (Å²) in [5.41, 5.74) is -0.562. The van der Waals surface area contributed by atoms with Crippen LogP contribution in [0.1, 0.15) is 21.5 Å². The van der Waals surface area contributed by atoms with Gasteiger partial charge in [0.2, 0.25) is 0 Å². The van der Waals surface area contributed by atoms with Crippen molar-refractivity contribution in [3.05, 3.63) is 94.6 Å². The number of carbonyl (C=O) groups is 1. The lowest BCUT2D eigenvalue weighted by molar-refractivity contribution is -0.0790. The summed E-state index contributed by atoms with van der Waals surface area (Å²) in [5.74, 6) is -7.83. The molecule has 32 heavy (non-hydrogen) atoms. The Kier molecular flexibility index (Phi) is 6.38. The maximum atomic E-state index is 14.5. The van der Waals surface area contributed by atoms with Crippen molar-refractivity contribution < 1.29 is 40.3 Å². The Labute approximate surface area is 177 Å². The Morgan fingerprint density at radius 3 is 1.84 bits per heavy atom. The number of hydrogen-bond donors (Lipinski definition) is 0. The molecule has 3 aromatic rings. The summed E-state index contributed by atoms with van der Waals surface area (Å²) < 4.78 is 98.1. The van der Waals surface area contributed by atoms with E-state index in [2.05, 4.69) is 4.74 Å². The van der Waals surface area contributed by atoms with Gasteiger partial charge in [-0.05, 0) is 36.3 Å². The minimum atomic E-state index is -4.80. The Morgan fingerprint density at radius 1 is 0.812 bits per heavy atom. The summed E-state index contributed by atoms with van der Waals surface area (Å²) in [6.07, 6.45) is -5.01. The van der Waals surface area contributed by atoms with Crippen LogP contribution in [0.3, 0.4) is 0 Å². The van der Waals surface area contributed by atoms with Crippen molar-refractivity contribution in [2.45, 2.75) is 13.1 Å². The quantitative estimate of drug-likeness (QED) is 0.241. The molecule has 0 aliphatic heterocycles. The molecular formula is C23H13F7O2. The molecule has 2 nitrogen and oxygen atoms in total. The van der Waals surface area contributed by atoms with Crippen molar-refractivity contribution in [2.24, 2.45) is 0 Å². The van der Waals surface area contributed by atoms with Crippen LogP contribution in [-0.4, -0.2) is 12.1 Å². The van der Waals surface area contributed by atoms with Crippen LogP contribution in [0.15, 0.2) is 54.6 Å². The van der Waals surface area contributed by atoms with Crippen molar-refractivity contribution in [2.75, 3.05) is 0 Å². The second-order valence-electron chi connectivity index (χ2n) is 6.75. The minimum absolute atomic E-state index is 0.148. The van der Waals surface area contributed by atoms with E-state index in [0.29, 0.717) is 17.7 Å². The van der Waals surface area contributed by atoms with Gasteiger partial charge >= 0.3 is 12.1 Å². The van der Waals surface area contributed by atoms with Crippen LogP contribution in [0, 0.1) is 30.2 Å². The molecule has 0 N–H and O–H groups in total. The SMILES string of the molecule is Cc1ccc(-c2cc(F)c(C(=O)Oc3cc(F)c(/C=C/C(F)(F)F)c(F)c3)c(F)c2)cc1. The first-order valence-electron chi connectivity index (χ1n) is 8.98. The zero-order valence-electron chi connectivity index (χ0n) is 16.2. The molecule has 0 saturated heterocycles. The number of allylic oxidation sites excluding steroid dienone is 1. The van der Waals surface area contributed by atoms with Gasteiger partial charge in [-0.1, -0.05) is 29.8 Å². The van der Waals surface area contributed by atoms with Gasteiger partial charge in [0.25, 0.3) is 0 Å². The standard InChI is InChI=1S/C23H13F7O2/c1-12-2-4-13(5-3-12)14-8-19(26)21(20(27)9-14)22(31)32-15-10-17(24)16(18(25)11-15)6-7-23(28,29)30/h2-11H,1H3/b7-6+.